The number of carbonyl (C=O) groups excluding carboxylic acids is 2. The van der Waals surface area contributed by atoms with Crippen LogP contribution in [0.15, 0.2) is 23.7 Å². The van der Waals surface area contributed by atoms with Gasteiger partial charge >= 0.3 is 6.09 Å². The lowest BCUT2D eigenvalue weighted by Gasteiger charge is -2.18. The van der Waals surface area contributed by atoms with Gasteiger partial charge in [-0.25, -0.2) is 15.2 Å². The number of thiazole rings is 1. The van der Waals surface area contributed by atoms with E-state index in [1.807, 2.05) is 30.6 Å². The van der Waals surface area contributed by atoms with Crippen LogP contribution in [0.2, 0.25) is 0 Å². The van der Waals surface area contributed by atoms with Crippen LogP contribution in [0.4, 0.5) is 4.79 Å². The van der Waals surface area contributed by atoms with Gasteiger partial charge in [0.05, 0.1) is 28.3 Å². The summed E-state index contributed by atoms with van der Waals surface area (Å²) in [4.78, 5) is 28.6. The molecule has 4 N–H and O–H groups in total. The Labute approximate surface area is 180 Å². The van der Waals surface area contributed by atoms with Crippen molar-refractivity contribution < 1.29 is 14.3 Å². The number of carbonyl (C=O) groups is 2. The number of alkyl carbamates (subject to hydrolysis) is 1. The number of nitrogens with zero attached hydrogens (tertiary/aromatic N) is 1. The molecule has 0 radical (unpaired) electrons. The summed E-state index contributed by atoms with van der Waals surface area (Å²) in [5.41, 5.74) is 10.3. The normalized spacial score (nSPS) is 26.0. The second-order valence-electron chi connectivity index (χ2n) is 8.07. The fourth-order valence-corrected chi connectivity index (χ4v) is 5.16. The van der Waals surface area contributed by atoms with Crippen LogP contribution in [0.25, 0.3) is 10.2 Å². The maximum absolute atomic E-state index is 12.6. The summed E-state index contributed by atoms with van der Waals surface area (Å²) in [5, 5.41) is 5.84. The molecule has 0 spiro atoms. The Morgan fingerprint density at radius 1 is 1.27 bits per heavy atom. The summed E-state index contributed by atoms with van der Waals surface area (Å²) in [7, 11) is 0. The number of nitrogens with one attached hydrogen (secondary N) is 4. The zero-order valence-electron chi connectivity index (χ0n) is 17.1. The summed E-state index contributed by atoms with van der Waals surface area (Å²) in [6, 6.07) is 6.15. The van der Waals surface area contributed by atoms with Gasteiger partial charge in [0, 0.05) is 12.6 Å². The Morgan fingerprint density at radius 3 is 3.03 bits per heavy atom. The van der Waals surface area contributed by atoms with E-state index in [9.17, 15) is 9.59 Å². The highest BCUT2D eigenvalue weighted by atomic mass is 32.1. The van der Waals surface area contributed by atoms with E-state index in [1.54, 1.807) is 11.3 Å². The average Bonchev–Trinajstić information content (AvgIpc) is 3.47. The van der Waals surface area contributed by atoms with E-state index >= 15 is 0 Å². The molecule has 2 fully saturated rings. The highest BCUT2D eigenvalue weighted by Crippen LogP contribution is 2.33. The smallest absolute Gasteiger partial charge is 0.407 e. The summed E-state index contributed by atoms with van der Waals surface area (Å²) >= 11 is 1.56. The third-order valence-electron chi connectivity index (χ3n) is 5.84. The molecule has 1 aromatic carbocycles. The first-order valence-corrected chi connectivity index (χ1v) is 11.6. The maximum atomic E-state index is 12.6. The molecule has 162 valence electrons. The summed E-state index contributed by atoms with van der Waals surface area (Å²) in [6.45, 7) is 2.65. The van der Waals surface area contributed by atoms with Gasteiger partial charge in [0.2, 0.25) is 5.91 Å². The third kappa shape index (κ3) is 5.08. The second kappa shape index (κ2) is 9.72. The van der Waals surface area contributed by atoms with E-state index in [4.69, 9.17) is 4.74 Å². The second-order valence-corrected chi connectivity index (χ2v) is 8.93. The molecular formula is C21H29N5O3S. The molecule has 2 aromatic rings. The van der Waals surface area contributed by atoms with Crippen molar-refractivity contribution in [3.8, 4) is 0 Å². The molecule has 2 amide bonds. The van der Waals surface area contributed by atoms with E-state index in [0.29, 0.717) is 18.9 Å². The van der Waals surface area contributed by atoms with Crippen LogP contribution in [0.5, 0.6) is 0 Å². The number of hydrogen-bond acceptors (Lipinski definition) is 7. The molecule has 30 heavy (non-hydrogen) atoms. The lowest BCUT2D eigenvalue weighted by molar-refractivity contribution is -0.121. The number of benzene rings is 1. The van der Waals surface area contributed by atoms with Crippen molar-refractivity contribution in [1.82, 2.24) is 26.5 Å². The van der Waals surface area contributed by atoms with E-state index in [2.05, 4.69) is 26.5 Å². The monoisotopic (exact) mass is 431 g/mol. The Bertz CT molecular complexity index is 888. The minimum absolute atomic E-state index is 0.00363. The van der Waals surface area contributed by atoms with Crippen LogP contribution < -0.4 is 21.5 Å². The Hall–Kier alpha value is -2.23. The molecule has 1 saturated heterocycles. The first-order chi connectivity index (χ1) is 14.6. The van der Waals surface area contributed by atoms with Gasteiger partial charge in [0.25, 0.3) is 0 Å². The van der Waals surface area contributed by atoms with Crippen LogP contribution in [-0.2, 0) is 16.0 Å². The van der Waals surface area contributed by atoms with Crippen molar-refractivity contribution >= 4 is 33.6 Å². The topological polar surface area (TPSA) is 104 Å². The average molecular weight is 432 g/mol. The zero-order chi connectivity index (χ0) is 20.9. The van der Waals surface area contributed by atoms with Gasteiger partial charge in [-0.2, -0.15) is 0 Å². The van der Waals surface area contributed by atoms with E-state index < -0.39 is 0 Å². The zero-order valence-corrected chi connectivity index (χ0v) is 18.0. The van der Waals surface area contributed by atoms with Crippen LogP contribution in [0.3, 0.4) is 0 Å². The first-order valence-electron chi connectivity index (χ1n) is 10.7. The number of amides is 2. The van der Waals surface area contributed by atoms with Gasteiger partial charge < -0.3 is 15.4 Å². The fourth-order valence-electron chi connectivity index (χ4n) is 4.35. The van der Waals surface area contributed by atoms with Crippen molar-refractivity contribution in [2.75, 3.05) is 6.54 Å². The molecular weight excluding hydrogens is 402 g/mol. The number of hydrazine groups is 1. The van der Waals surface area contributed by atoms with Gasteiger partial charge in [-0.05, 0) is 49.7 Å². The quantitative estimate of drug-likeness (QED) is 0.537. The lowest BCUT2D eigenvalue weighted by atomic mass is 9.96. The highest BCUT2D eigenvalue weighted by molar-refractivity contribution is 7.17. The summed E-state index contributed by atoms with van der Waals surface area (Å²) in [6.07, 6.45) is 4.36. The molecule has 2 aliphatic rings. The SMILES string of the molecule is CCCNC(=O)O[C@@H]1CC[C@H](C2CC(NC(=O)Cc3cccc4ncsc34)NN2)C1. The van der Waals surface area contributed by atoms with E-state index in [1.165, 1.54) is 0 Å². The number of aromatic nitrogens is 1. The molecule has 4 rings (SSSR count). The Balaban J connectivity index is 1.22. The van der Waals surface area contributed by atoms with Crippen molar-refractivity contribution in [2.24, 2.45) is 5.92 Å². The van der Waals surface area contributed by atoms with E-state index in [-0.39, 0.29) is 30.3 Å². The van der Waals surface area contributed by atoms with Crippen LogP contribution in [-0.4, -0.2) is 41.8 Å². The van der Waals surface area contributed by atoms with Gasteiger partial charge in [-0.15, -0.1) is 11.3 Å². The van der Waals surface area contributed by atoms with Crippen molar-refractivity contribution in [3.63, 3.8) is 0 Å². The van der Waals surface area contributed by atoms with E-state index in [0.717, 1.165) is 47.9 Å². The fraction of sp³-hybridized carbons (Fsp3) is 0.571. The van der Waals surface area contributed by atoms with Crippen molar-refractivity contribution in [2.45, 2.75) is 63.8 Å². The Kier molecular flexibility index (Phi) is 6.81. The predicted molar refractivity (Wildman–Crippen MR) is 116 cm³/mol. The van der Waals surface area contributed by atoms with Crippen molar-refractivity contribution in [1.29, 1.82) is 0 Å². The predicted octanol–water partition coefficient (Wildman–Crippen LogP) is 2.45. The molecule has 4 atom stereocenters. The highest BCUT2D eigenvalue weighted by Gasteiger charge is 2.37. The minimum atomic E-state index is -0.318. The molecule has 1 saturated carbocycles. The Morgan fingerprint density at radius 2 is 2.17 bits per heavy atom. The summed E-state index contributed by atoms with van der Waals surface area (Å²) < 4.78 is 6.59. The largest absolute Gasteiger partial charge is 0.446 e. The molecule has 2 unspecified atom stereocenters. The summed E-state index contributed by atoms with van der Waals surface area (Å²) in [5.74, 6) is 0.422. The molecule has 2 heterocycles. The van der Waals surface area contributed by atoms with Gasteiger partial charge in [0.15, 0.2) is 0 Å². The number of fused-ring (bicyclic) bond motifs is 1. The standard InChI is InChI=1S/C21H29N5O3S/c1-2-8-22-21(28)29-15-7-6-13(9-15)17-11-18(26-25-17)24-19(27)10-14-4-3-5-16-20(14)30-12-23-16/h3-5,12-13,15,17-18,25-26H,2,6-11H2,1H3,(H,22,28)(H,24,27)/t13-,15+,17?,18?/m0/s1. The third-order valence-corrected chi connectivity index (χ3v) is 6.76. The molecule has 0 bridgehead atoms. The molecule has 1 aliphatic heterocycles. The lowest BCUT2D eigenvalue weighted by Crippen LogP contribution is -2.45. The number of rotatable bonds is 7. The van der Waals surface area contributed by atoms with Gasteiger partial charge in [-0.3, -0.25) is 10.2 Å². The van der Waals surface area contributed by atoms with Crippen LogP contribution in [0, 0.1) is 5.92 Å². The van der Waals surface area contributed by atoms with Crippen LogP contribution >= 0.6 is 11.3 Å². The minimum Gasteiger partial charge on any atom is -0.446 e. The molecule has 9 heteroatoms. The number of ether oxygens (including phenoxy) is 1. The first kappa shape index (κ1) is 21.0. The molecule has 8 nitrogen and oxygen atoms in total. The van der Waals surface area contributed by atoms with Gasteiger partial charge in [-0.1, -0.05) is 19.1 Å². The molecule has 1 aromatic heterocycles. The molecule has 1 aliphatic carbocycles. The number of hydrogen-bond donors (Lipinski definition) is 4. The van der Waals surface area contributed by atoms with Crippen LogP contribution in [0.1, 0.15) is 44.6 Å². The maximum Gasteiger partial charge on any atom is 0.407 e. The van der Waals surface area contributed by atoms with Crippen molar-refractivity contribution in [3.05, 3.63) is 29.3 Å². The van der Waals surface area contributed by atoms with Gasteiger partial charge in [0.1, 0.15) is 6.10 Å².